The first-order chi connectivity index (χ1) is 16.6. The first-order valence-corrected chi connectivity index (χ1v) is 11.1. The van der Waals surface area contributed by atoms with Crippen molar-refractivity contribution in [3.8, 4) is 11.4 Å². The number of para-hydroxylation sites is 1. The lowest BCUT2D eigenvalue weighted by atomic mass is 10.2. The van der Waals surface area contributed by atoms with Crippen molar-refractivity contribution in [3.05, 3.63) is 76.0 Å². The monoisotopic (exact) mass is 523 g/mol. The van der Waals surface area contributed by atoms with Gasteiger partial charge in [-0.25, -0.2) is 14.3 Å². The Hall–Kier alpha value is -3.57. The van der Waals surface area contributed by atoms with E-state index in [1.807, 2.05) is 6.92 Å². The molecule has 0 saturated heterocycles. The van der Waals surface area contributed by atoms with Gasteiger partial charge in [0, 0.05) is 12.1 Å². The summed E-state index contributed by atoms with van der Waals surface area (Å²) in [6.45, 7) is 1.84. The van der Waals surface area contributed by atoms with Gasteiger partial charge in [0.05, 0.1) is 27.6 Å². The number of halogens is 5. The standard InChI is InChI=1S/C22H18Cl2F3N7O/c1-2-4-17-30-21(22(25,26)27)32-34(17)13-9-7-12(8-10-13)29-16-11-33(31-18(16)20(28)35)19-14(23)5-3-6-15(19)24/h3,5-11,29H,2,4H2,1H3,(H2,28,35). The van der Waals surface area contributed by atoms with E-state index in [-0.39, 0.29) is 17.2 Å². The van der Waals surface area contributed by atoms with Gasteiger partial charge in [0.2, 0.25) is 0 Å². The van der Waals surface area contributed by atoms with E-state index < -0.39 is 17.9 Å². The lowest BCUT2D eigenvalue weighted by Crippen LogP contribution is -2.14. The van der Waals surface area contributed by atoms with Crippen LogP contribution in [0.4, 0.5) is 24.5 Å². The van der Waals surface area contributed by atoms with E-state index in [9.17, 15) is 18.0 Å². The van der Waals surface area contributed by atoms with E-state index in [4.69, 9.17) is 28.9 Å². The van der Waals surface area contributed by atoms with Crippen molar-refractivity contribution in [1.29, 1.82) is 0 Å². The minimum Gasteiger partial charge on any atom is -0.364 e. The van der Waals surface area contributed by atoms with Gasteiger partial charge in [-0.15, -0.1) is 5.10 Å². The number of amides is 1. The van der Waals surface area contributed by atoms with Crippen molar-refractivity contribution in [1.82, 2.24) is 24.5 Å². The fraction of sp³-hybridized carbons (Fsp3) is 0.182. The summed E-state index contributed by atoms with van der Waals surface area (Å²) < 4.78 is 41.8. The number of aromatic nitrogens is 5. The molecule has 0 aliphatic rings. The second kappa shape index (κ2) is 9.59. The number of aryl methyl sites for hydroxylation is 1. The molecule has 3 N–H and O–H groups in total. The van der Waals surface area contributed by atoms with E-state index in [0.29, 0.717) is 39.9 Å². The average Bonchev–Trinajstić information content (AvgIpc) is 3.39. The second-order valence-corrected chi connectivity index (χ2v) is 8.27. The highest BCUT2D eigenvalue weighted by Crippen LogP contribution is 2.31. The number of carbonyl (C=O) groups is 1. The number of nitrogens with zero attached hydrogens (tertiary/aromatic N) is 5. The van der Waals surface area contributed by atoms with E-state index in [1.54, 1.807) is 42.5 Å². The molecule has 0 aliphatic heterocycles. The van der Waals surface area contributed by atoms with Crippen LogP contribution in [-0.2, 0) is 12.6 Å². The summed E-state index contributed by atoms with van der Waals surface area (Å²) in [5.41, 5.74) is 7.01. The van der Waals surface area contributed by atoms with E-state index >= 15 is 0 Å². The smallest absolute Gasteiger partial charge is 0.364 e. The fourth-order valence-corrected chi connectivity index (χ4v) is 3.94. The molecular weight excluding hydrogens is 506 g/mol. The topological polar surface area (TPSA) is 104 Å². The maximum Gasteiger partial charge on any atom is 0.453 e. The molecule has 2 aromatic carbocycles. The van der Waals surface area contributed by atoms with Crippen LogP contribution in [0.15, 0.2) is 48.7 Å². The van der Waals surface area contributed by atoms with Crippen LogP contribution in [0, 0.1) is 0 Å². The van der Waals surface area contributed by atoms with Gasteiger partial charge < -0.3 is 11.1 Å². The number of hydrogen-bond acceptors (Lipinski definition) is 5. The SMILES string of the molecule is CCCc1nc(C(F)(F)F)nn1-c1ccc(Nc2cn(-c3c(Cl)cccc3Cl)nc2C(N)=O)cc1. The molecule has 0 bridgehead atoms. The molecule has 13 heteroatoms. The summed E-state index contributed by atoms with van der Waals surface area (Å²) in [5.74, 6) is -1.77. The number of primary amides is 1. The molecule has 4 rings (SSSR count). The maximum atomic E-state index is 13.1. The number of carbonyl (C=O) groups excluding carboxylic acids is 1. The predicted octanol–water partition coefficient (Wildman–Crippen LogP) is 5.57. The number of benzene rings is 2. The summed E-state index contributed by atoms with van der Waals surface area (Å²) in [5, 5.41) is 11.5. The maximum absolute atomic E-state index is 13.1. The van der Waals surface area contributed by atoms with Gasteiger partial charge in [-0.3, -0.25) is 4.79 Å². The lowest BCUT2D eigenvalue weighted by Gasteiger charge is -2.08. The lowest BCUT2D eigenvalue weighted by molar-refractivity contribution is -0.144. The number of alkyl halides is 3. The Labute approximate surface area is 207 Å². The van der Waals surface area contributed by atoms with Crippen LogP contribution in [0.2, 0.25) is 10.0 Å². The molecule has 2 aromatic heterocycles. The zero-order valence-corrected chi connectivity index (χ0v) is 19.7. The Bertz CT molecular complexity index is 1360. The van der Waals surface area contributed by atoms with Crippen molar-refractivity contribution in [3.63, 3.8) is 0 Å². The number of anilines is 2. The highest BCUT2D eigenvalue weighted by Gasteiger charge is 2.37. The molecule has 0 atom stereocenters. The minimum absolute atomic E-state index is 0.0543. The van der Waals surface area contributed by atoms with Gasteiger partial charge in [0.15, 0.2) is 5.69 Å². The summed E-state index contributed by atoms with van der Waals surface area (Å²) in [4.78, 5) is 15.6. The molecule has 0 saturated carbocycles. The Balaban J connectivity index is 1.65. The highest BCUT2D eigenvalue weighted by molar-refractivity contribution is 6.37. The average molecular weight is 524 g/mol. The number of rotatable bonds is 7. The first kappa shape index (κ1) is 24.6. The Morgan fingerprint density at radius 2 is 1.74 bits per heavy atom. The molecule has 0 spiro atoms. The van der Waals surface area contributed by atoms with Crippen LogP contribution in [0.3, 0.4) is 0 Å². The molecule has 35 heavy (non-hydrogen) atoms. The molecule has 8 nitrogen and oxygen atoms in total. The van der Waals surface area contributed by atoms with Crippen LogP contribution < -0.4 is 11.1 Å². The summed E-state index contributed by atoms with van der Waals surface area (Å²) >= 11 is 12.5. The quantitative estimate of drug-likeness (QED) is 0.329. The molecule has 4 aromatic rings. The van der Waals surface area contributed by atoms with Crippen LogP contribution in [0.1, 0.15) is 35.5 Å². The Morgan fingerprint density at radius 1 is 1.09 bits per heavy atom. The van der Waals surface area contributed by atoms with Crippen LogP contribution in [0.5, 0.6) is 0 Å². The molecule has 2 heterocycles. The Morgan fingerprint density at radius 3 is 2.31 bits per heavy atom. The van der Waals surface area contributed by atoms with Crippen molar-refractivity contribution in [2.45, 2.75) is 25.9 Å². The molecule has 182 valence electrons. The summed E-state index contributed by atoms with van der Waals surface area (Å²) in [6.07, 6.45) is -2.21. The van der Waals surface area contributed by atoms with Gasteiger partial charge >= 0.3 is 6.18 Å². The number of nitrogens with one attached hydrogen (secondary N) is 1. The van der Waals surface area contributed by atoms with Gasteiger partial charge in [0.1, 0.15) is 11.5 Å². The third kappa shape index (κ3) is 5.10. The van der Waals surface area contributed by atoms with Crippen LogP contribution in [-0.4, -0.2) is 30.5 Å². The second-order valence-electron chi connectivity index (χ2n) is 7.45. The fourth-order valence-electron chi connectivity index (χ4n) is 3.37. The highest BCUT2D eigenvalue weighted by atomic mass is 35.5. The van der Waals surface area contributed by atoms with Gasteiger partial charge in [-0.2, -0.15) is 18.3 Å². The summed E-state index contributed by atoms with van der Waals surface area (Å²) in [6, 6.07) is 11.3. The molecule has 0 radical (unpaired) electrons. The normalized spacial score (nSPS) is 11.6. The zero-order valence-electron chi connectivity index (χ0n) is 18.1. The third-order valence-electron chi connectivity index (χ3n) is 4.91. The minimum atomic E-state index is -4.65. The van der Waals surface area contributed by atoms with Crippen molar-refractivity contribution < 1.29 is 18.0 Å². The zero-order chi connectivity index (χ0) is 25.3. The molecule has 0 unspecified atom stereocenters. The molecule has 0 fully saturated rings. The first-order valence-electron chi connectivity index (χ1n) is 10.3. The number of nitrogens with two attached hydrogens (primary N) is 1. The van der Waals surface area contributed by atoms with E-state index in [0.717, 1.165) is 0 Å². The van der Waals surface area contributed by atoms with Crippen molar-refractivity contribution >= 4 is 40.5 Å². The van der Waals surface area contributed by atoms with Crippen molar-refractivity contribution in [2.75, 3.05) is 5.32 Å². The van der Waals surface area contributed by atoms with Gasteiger partial charge in [0.25, 0.3) is 11.7 Å². The van der Waals surface area contributed by atoms with Crippen LogP contribution >= 0.6 is 23.2 Å². The third-order valence-corrected chi connectivity index (χ3v) is 5.52. The van der Waals surface area contributed by atoms with Crippen LogP contribution in [0.25, 0.3) is 11.4 Å². The van der Waals surface area contributed by atoms with E-state index in [2.05, 4.69) is 20.5 Å². The van der Waals surface area contributed by atoms with Crippen molar-refractivity contribution in [2.24, 2.45) is 5.73 Å². The summed E-state index contributed by atoms with van der Waals surface area (Å²) in [7, 11) is 0. The number of hydrogen-bond donors (Lipinski definition) is 2. The molecular formula is C22H18Cl2F3N7O. The Kier molecular flexibility index (Phi) is 6.73. The predicted molar refractivity (Wildman–Crippen MR) is 126 cm³/mol. The molecule has 1 amide bonds. The van der Waals surface area contributed by atoms with E-state index in [1.165, 1.54) is 15.6 Å². The molecule has 0 aliphatic carbocycles. The largest absolute Gasteiger partial charge is 0.453 e. The van der Waals surface area contributed by atoms with Gasteiger partial charge in [-0.05, 0) is 42.8 Å². The van der Waals surface area contributed by atoms with Gasteiger partial charge in [-0.1, -0.05) is 36.2 Å².